The molecule has 0 saturated carbocycles. The third-order valence-corrected chi connectivity index (χ3v) is 4.25. The maximum atomic E-state index is 12.0. The lowest BCUT2D eigenvalue weighted by atomic mass is 10.3. The summed E-state index contributed by atoms with van der Waals surface area (Å²) in [6, 6.07) is 2.14. The Balaban J connectivity index is 1.82. The number of hydrogen-bond acceptors (Lipinski definition) is 3. The van der Waals surface area contributed by atoms with Crippen molar-refractivity contribution >= 4 is 17.2 Å². The second-order valence-electron chi connectivity index (χ2n) is 4.79. The van der Waals surface area contributed by atoms with E-state index in [1.54, 1.807) is 11.3 Å². The van der Waals surface area contributed by atoms with Gasteiger partial charge in [0.15, 0.2) is 0 Å². The minimum absolute atomic E-state index is 0.277. The van der Waals surface area contributed by atoms with Crippen LogP contribution in [0.3, 0.4) is 0 Å². The van der Waals surface area contributed by atoms with Crippen LogP contribution in [0.15, 0.2) is 11.4 Å². The Morgan fingerprint density at radius 1 is 1.47 bits per heavy atom. The number of hydrogen-bond donors (Lipinski definition) is 0. The zero-order chi connectivity index (χ0) is 12.3. The fourth-order valence-electron chi connectivity index (χ4n) is 2.16. The molecule has 17 heavy (non-hydrogen) atoms. The van der Waals surface area contributed by atoms with Crippen LogP contribution in [0.1, 0.15) is 23.3 Å². The van der Waals surface area contributed by atoms with E-state index in [2.05, 4.69) is 23.3 Å². The monoisotopic (exact) mass is 252 g/mol. The zero-order valence-electron chi connectivity index (χ0n) is 10.6. The van der Waals surface area contributed by atoms with Gasteiger partial charge >= 0.3 is 0 Å². The van der Waals surface area contributed by atoms with E-state index in [0.717, 1.165) is 19.6 Å². The van der Waals surface area contributed by atoms with E-state index in [9.17, 15) is 4.79 Å². The van der Waals surface area contributed by atoms with Gasteiger partial charge in [0.05, 0.1) is 6.54 Å². The molecular formula is C13H20N2OS. The van der Waals surface area contributed by atoms with E-state index in [4.69, 9.17) is 0 Å². The van der Waals surface area contributed by atoms with Gasteiger partial charge in [-0.15, -0.1) is 11.3 Å². The Hall–Kier alpha value is -0.870. The lowest BCUT2D eigenvalue weighted by molar-refractivity contribution is -0.131. The maximum absolute atomic E-state index is 12.0. The van der Waals surface area contributed by atoms with Crippen molar-refractivity contribution in [2.45, 2.75) is 26.3 Å². The smallest absolute Gasteiger partial charge is 0.236 e. The molecule has 1 aromatic rings. The quantitative estimate of drug-likeness (QED) is 0.819. The van der Waals surface area contributed by atoms with Gasteiger partial charge in [-0.3, -0.25) is 9.69 Å². The van der Waals surface area contributed by atoms with Gasteiger partial charge in [0.2, 0.25) is 5.91 Å². The Morgan fingerprint density at radius 2 is 2.18 bits per heavy atom. The Labute approximate surface area is 107 Å². The van der Waals surface area contributed by atoms with E-state index >= 15 is 0 Å². The molecule has 4 heteroatoms. The summed E-state index contributed by atoms with van der Waals surface area (Å²) in [4.78, 5) is 17.4. The van der Waals surface area contributed by atoms with Crippen LogP contribution in [0.5, 0.6) is 0 Å². The first kappa shape index (κ1) is 12.6. The minimum Gasteiger partial charge on any atom is -0.342 e. The molecule has 2 rings (SSSR count). The molecule has 0 spiro atoms. The average molecular weight is 252 g/mol. The molecule has 0 unspecified atom stereocenters. The highest BCUT2D eigenvalue weighted by Crippen LogP contribution is 2.17. The highest BCUT2D eigenvalue weighted by atomic mass is 32.1. The van der Waals surface area contributed by atoms with Crippen LogP contribution in [0.4, 0.5) is 0 Å². The van der Waals surface area contributed by atoms with Crippen molar-refractivity contribution in [2.75, 3.05) is 26.7 Å². The number of carbonyl (C=O) groups excluding carboxylic acids is 1. The van der Waals surface area contributed by atoms with Gasteiger partial charge in [-0.05, 0) is 43.8 Å². The SMILES string of the molecule is Cc1ccsc1CN(C)CC(=O)N1CCCC1. The molecule has 1 aromatic heterocycles. The number of carbonyl (C=O) groups is 1. The molecule has 0 aromatic carbocycles. The van der Waals surface area contributed by atoms with Gasteiger partial charge in [-0.2, -0.15) is 0 Å². The van der Waals surface area contributed by atoms with E-state index in [-0.39, 0.29) is 5.91 Å². The van der Waals surface area contributed by atoms with Crippen molar-refractivity contribution in [3.05, 3.63) is 21.9 Å². The normalized spacial score (nSPS) is 15.8. The van der Waals surface area contributed by atoms with Crippen LogP contribution in [-0.2, 0) is 11.3 Å². The molecule has 1 aliphatic heterocycles. The van der Waals surface area contributed by atoms with Gasteiger partial charge < -0.3 is 4.90 Å². The summed E-state index contributed by atoms with van der Waals surface area (Å²) in [6.07, 6.45) is 2.33. The van der Waals surface area contributed by atoms with Crippen LogP contribution in [0.25, 0.3) is 0 Å². The average Bonchev–Trinajstić information content (AvgIpc) is 2.90. The molecule has 0 atom stereocenters. The molecule has 94 valence electrons. The van der Waals surface area contributed by atoms with Gasteiger partial charge in [-0.25, -0.2) is 0 Å². The van der Waals surface area contributed by atoms with Crippen LogP contribution in [-0.4, -0.2) is 42.4 Å². The largest absolute Gasteiger partial charge is 0.342 e. The standard InChI is InChI=1S/C13H20N2OS/c1-11-5-8-17-12(11)9-14(2)10-13(16)15-6-3-4-7-15/h5,8H,3-4,6-7,9-10H2,1-2H3. The lowest BCUT2D eigenvalue weighted by Gasteiger charge is -2.20. The van der Waals surface area contributed by atoms with E-state index in [1.165, 1.54) is 23.3 Å². The molecule has 1 amide bonds. The molecule has 1 saturated heterocycles. The third kappa shape index (κ3) is 3.30. The molecule has 2 heterocycles. The van der Waals surface area contributed by atoms with E-state index in [1.807, 2.05) is 11.9 Å². The number of amides is 1. The van der Waals surface area contributed by atoms with Crippen LogP contribution in [0.2, 0.25) is 0 Å². The van der Waals surface area contributed by atoms with Crippen LogP contribution < -0.4 is 0 Å². The summed E-state index contributed by atoms with van der Waals surface area (Å²) in [6.45, 7) is 5.44. The highest BCUT2D eigenvalue weighted by molar-refractivity contribution is 7.10. The van der Waals surface area contributed by atoms with Crippen molar-refractivity contribution in [3.8, 4) is 0 Å². The van der Waals surface area contributed by atoms with Crippen molar-refractivity contribution in [3.63, 3.8) is 0 Å². The van der Waals surface area contributed by atoms with E-state index < -0.39 is 0 Å². The first-order valence-electron chi connectivity index (χ1n) is 6.16. The van der Waals surface area contributed by atoms with Crippen molar-refractivity contribution < 1.29 is 4.79 Å². The molecule has 0 N–H and O–H groups in total. The summed E-state index contributed by atoms with van der Waals surface area (Å²) in [5.41, 5.74) is 1.33. The summed E-state index contributed by atoms with van der Waals surface area (Å²) >= 11 is 1.77. The predicted octanol–water partition coefficient (Wildman–Crippen LogP) is 2.11. The van der Waals surface area contributed by atoms with Crippen LogP contribution in [0, 0.1) is 6.92 Å². The molecular weight excluding hydrogens is 232 g/mol. The van der Waals surface area contributed by atoms with Crippen LogP contribution >= 0.6 is 11.3 Å². The van der Waals surface area contributed by atoms with Crippen molar-refractivity contribution in [2.24, 2.45) is 0 Å². The summed E-state index contributed by atoms with van der Waals surface area (Å²) in [7, 11) is 2.02. The Bertz CT molecular complexity index is 383. The number of rotatable bonds is 4. The first-order chi connectivity index (χ1) is 8.16. The fraction of sp³-hybridized carbons (Fsp3) is 0.615. The number of aryl methyl sites for hydroxylation is 1. The summed E-state index contributed by atoms with van der Waals surface area (Å²) < 4.78 is 0. The number of likely N-dealkylation sites (tertiary alicyclic amines) is 1. The van der Waals surface area contributed by atoms with Crippen molar-refractivity contribution in [1.29, 1.82) is 0 Å². The number of likely N-dealkylation sites (N-methyl/N-ethyl adjacent to an activating group) is 1. The maximum Gasteiger partial charge on any atom is 0.236 e. The van der Waals surface area contributed by atoms with Gasteiger partial charge in [0.1, 0.15) is 0 Å². The molecule has 0 bridgehead atoms. The first-order valence-corrected chi connectivity index (χ1v) is 7.04. The van der Waals surface area contributed by atoms with Gasteiger partial charge in [0, 0.05) is 24.5 Å². The van der Waals surface area contributed by atoms with Crippen molar-refractivity contribution in [1.82, 2.24) is 9.80 Å². The summed E-state index contributed by atoms with van der Waals surface area (Å²) in [5, 5.41) is 2.11. The van der Waals surface area contributed by atoms with Gasteiger partial charge in [0.25, 0.3) is 0 Å². The highest BCUT2D eigenvalue weighted by Gasteiger charge is 2.19. The number of thiophene rings is 1. The lowest BCUT2D eigenvalue weighted by Crippen LogP contribution is -2.36. The van der Waals surface area contributed by atoms with E-state index in [0.29, 0.717) is 6.54 Å². The molecule has 1 fully saturated rings. The Morgan fingerprint density at radius 3 is 2.76 bits per heavy atom. The minimum atomic E-state index is 0.277. The molecule has 3 nitrogen and oxygen atoms in total. The fourth-order valence-corrected chi connectivity index (χ4v) is 3.15. The second kappa shape index (κ2) is 5.65. The molecule has 1 aliphatic rings. The second-order valence-corrected chi connectivity index (χ2v) is 5.79. The number of nitrogens with zero attached hydrogens (tertiary/aromatic N) is 2. The predicted molar refractivity (Wildman–Crippen MR) is 71.2 cm³/mol. The van der Waals surface area contributed by atoms with Gasteiger partial charge in [-0.1, -0.05) is 0 Å². The molecule has 0 radical (unpaired) electrons. The molecule has 0 aliphatic carbocycles. The zero-order valence-corrected chi connectivity index (χ0v) is 11.4. The Kier molecular flexibility index (Phi) is 4.18. The third-order valence-electron chi connectivity index (χ3n) is 3.25. The summed E-state index contributed by atoms with van der Waals surface area (Å²) in [5.74, 6) is 0.277. The topological polar surface area (TPSA) is 23.6 Å².